The molecule has 0 spiro atoms. The first-order valence-electron chi connectivity index (χ1n) is 7.32. The van der Waals surface area contributed by atoms with Crippen LogP contribution < -0.4 is 5.32 Å². The van der Waals surface area contributed by atoms with E-state index in [2.05, 4.69) is 23.5 Å². The molecule has 2 N–H and O–H groups in total. The molecular weight excluding hydrogens is 298 g/mol. The lowest BCUT2D eigenvalue weighted by molar-refractivity contribution is 0.292. The summed E-state index contributed by atoms with van der Waals surface area (Å²) in [4.78, 5) is 0. The Morgan fingerprint density at radius 3 is 2.55 bits per heavy atom. The molecule has 0 radical (unpaired) electrons. The average molecular weight is 316 g/mol. The van der Waals surface area contributed by atoms with Gasteiger partial charge in [0.15, 0.2) is 0 Å². The topological polar surface area (TPSA) is 45.4 Å². The number of halogens is 1. The van der Waals surface area contributed by atoms with Crippen molar-refractivity contribution < 1.29 is 9.52 Å². The van der Waals surface area contributed by atoms with Crippen LogP contribution in [0.15, 0.2) is 52.9 Å². The van der Waals surface area contributed by atoms with Crippen LogP contribution in [0, 0.1) is 0 Å². The molecule has 0 fully saturated rings. The molecule has 0 aliphatic carbocycles. The molecule has 0 bridgehead atoms. The number of hydrogen-bond acceptors (Lipinski definition) is 3. The van der Waals surface area contributed by atoms with Crippen molar-refractivity contribution in [2.45, 2.75) is 13.0 Å². The average Bonchev–Trinajstić information content (AvgIpc) is 2.91. The van der Waals surface area contributed by atoms with Crippen molar-refractivity contribution in [3.05, 3.63) is 70.4 Å². The van der Waals surface area contributed by atoms with Crippen LogP contribution in [0.25, 0.3) is 11.0 Å². The Bertz CT molecular complexity index is 749. The third-order valence-electron chi connectivity index (χ3n) is 3.54. The normalized spacial score (nSPS) is 11.2. The maximum atomic E-state index is 8.79. The fraction of sp³-hybridized carbons (Fsp3) is 0.222. The highest BCUT2D eigenvalue weighted by Gasteiger charge is 2.06. The van der Waals surface area contributed by atoms with Gasteiger partial charge in [0.1, 0.15) is 11.3 Å². The smallest absolute Gasteiger partial charge is 0.134 e. The van der Waals surface area contributed by atoms with Crippen LogP contribution in [0.3, 0.4) is 0 Å². The molecule has 0 saturated heterocycles. The SMILES string of the molecule is OCCNCc1ccc2cc(Cc3ccc(Cl)cc3)oc2c1. The zero-order chi connectivity index (χ0) is 15.4. The van der Waals surface area contributed by atoms with Gasteiger partial charge in [-0.3, -0.25) is 0 Å². The molecule has 1 heterocycles. The molecule has 0 aliphatic rings. The highest BCUT2D eigenvalue weighted by atomic mass is 35.5. The van der Waals surface area contributed by atoms with E-state index < -0.39 is 0 Å². The number of hydrogen-bond donors (Lipinski definition) is 2. The van der Waals surface area contributed by atoms with Gasteiger partial charge < -0.3 is 14.8 Å². The summed E-state index contributed by atoms with van der Waals surface area (Å²) in [6.07, 6.45) is 0.754. The van der Waals surface area contributed by atoms with Crippen LogP contribution in [-0.2, 0) is 13.0 Å². The molecule has 0 atom stereocenters. The molecule has 22 heavy (non-hydrogen) atoms. The van der Waals surface area contributed by atoms with Gasteiger partial charge in [0, 0.05) is 29.9 Å². The van der Waals surface area contributed by atoms with E-state index in [-0.39, 0.29) is 6.61 Å². The molecule has 1 aromatic heterocycles. The fourth-order valence-corrected chi connectivity index (χ4v) is 2.57. The van der Waals surface area contributed by atoms with Crippen molar-refractivity contribution in [2.24, 2.45) is 0 Å². The van der Waals surface area contributed by atoms with E-state index in [4.69, 9.17) is 21.1 Å². The van der Waals surface area contributed by atoms with Crippen LogP contribution in [0.5, 0.6) is 0 Å². The van der Waals surface area contributed by atoms with Gasteiger partial charge >= 0.3 is 0 Å². The summed E-state index contributed by atoms with van der Waals surface area (Å²) in [6, 6.07) is 16.1. The van der Waals surface area contributed by atoms with Gasteiger partial charge in [-0.05, 0) is 35.4 Å². The molecule has 114 valence electrons. The first-order chi connectivity index (χ1) is 10.7. The number of furan rings is 1. The van der Waals surface area contributed by atoms with Crippen molar-refractivity contribution in [3.63, 3.8) is 0 Å². The summed E-state index contributed by atoms with van der Waals surface area (Å²) < 4.78 is 5.94. The standard InChI is InChI=1S/C18H18ClNO2/c19-16-5-2-13(3-6-16)9-17-11-15-4-1-14(10-18(15)22-17)12-20-7-8-21/h1-6,10-11,20-21H,7-9,12H2. The molecule has 2 aromatic carbocycles. The van der Waals surface area contributed by atoms with Gasteiger partial charge in [0.05, 0.1) is 6.61 Å². The Labute approximate surface area is 134 Å². The van der Waals surface area contributed by atoms with Gasteiger partial charge in [-0.15, -0.1) is 0 Å². The Morgan fingerprint density at radius 2 is 1.77 bits per heavy atom. The highest BCUT2D eigenvalue weighted by Crippen LogP contribution is 2.23. The van der Waals surface area contributed by atoms with Crippen molar-refractivity contribution in [2.75, 3.05) is 13.2 Å². The molecule has 0 unspecified atom stereocenters. The second kappa shape index (κ2) is 6.97. The van der Waals surface area contributed by atoms with Crippen LogP contribution in [0.4, 0.5) is 0 Å². The van der Waals surface area contributed by atoms with E-state index in [1.54, 1.807) is 0 Å². The van der Waals surface area contributed by atoms with Crippen molar-refractivity contribution in [1.29, 1.82) is 0 Å². The van der Waals surface area contributed by atoms with E-state index in [0.717, 1.165) is 40.3 Å². The molecule has 0 saturated carbocycles. The van der Waals surface area contributed by atoms with Crippen LogP contribution in [0.1, 0.15) is 16.9 Å². The minimum Gasteiger partial charge on any atom is -0.461 e. The van der Waals surface area contributed by atoms with Gasteiger partial charge in [-0.25, -0.2) is 0 Å². The lowest BCUT2D eigenvalue weighted by Gasteiger charge is -2.02. The predicted molar refractivity (Wildman–Crippen MR) is 89.3 cm³/mol. The van der Waals surface area contributed by atoms with E-state index in [1.165, 1.54) is 5.56 Å². The predicted octanol–water partition coefficient (Wildman–Crippen LogP) is 3.76. The van der Waals surface area contributed by atoms with Crippen molar-refractivity contribution in [1.82, 2.24) is 5.32 Å². The van der Waals surface area contributed by atoms with E-state index in [0.29, 0.717) is 6.54 Å². The minimum atomic E-state index is 0.147. The van der Waals surface area contributed by atoms with Gasteiger partial charge in [0.2, 0.25) is 0 Å². The third-order valence-corrected chi connectivity index (χ3v) is 3.80. The second-order valence-electron chi connectivity index (χ2n) is 5.29. The lowest BCUT2D eigenvalue weighted by Crippen LogP contribution is -2.17. The first-order valence-corrected chi connectivity index (χ1v) is 7.70. The number of nitrogens with one attached hydrogen (secondary N) is 1. The first kappa shape index (κ1) is 15.1. The van der Waals surface area contributed by atoms with Crippen molar-refractivity contribution in [3.8, 4) is 0 Å². The summed E-state index contributed by atoms with van der Waals surface area (Å²) in [5, 5.41) is 13.8. The summed E-state index contributed by atoms with van der Waals surface area (Å²) in [6.45, 7) is 1.47. The van der Waals surface area contributed by atoms with Gasteiger partial charge in [-0.2, -0.15) is 0 Å². The molecule has 3 aromatic rings. The number of benzene rings is 2. The Balaban J connectivity index is 1.75. The van der Waals surface area contributed by atoms with E-state index in [1.807, 2.05) is 30.3 Å². The summed E-state index contributed by atoms with van der Waals surface area (Å²) in [5.41, 5.74) is 3.22. The Hall–Kier alpha value is -1.81. The van der Waals surface area contributed by atoms with Gasteiger partial charge in [-0.1, -0.05) is 35.9 Å². The maximum absolute atomic E-state index is 8.79. The van der Waals surface area contributed by atoms with Crippen molar-refractivity contribution >= 4 is 22.6 Å². The Kier molecular flexibility index (Phi) is 4.78. The number of aliphatic hydroxyl groups is 1. The highest BCUT2D eigenvalue weighted by molar-refractivity contribution is 6.30. The molecule has 0 aliphatic heterocycles. The number of aliphatic hydroxyl groups excluding tert-OH is 1. The zero-order valence-corrected chi connectivity index (χ0v) is 12.9. The molecule has 3 nitrogen and oxygen atoms in total. The van der Waals surface area contributed by atoms with Crippen LogP contribution in [-0.4, -0.2) is 18.3 Å². The van der Waals surface area contributed by atoms with E-state index >= 15 is 0 Å². The van der Waals surface area contributed by atoms with Gasteiger partial charge in [0.25, 0.3) is 0 Å². The number of fused-ring (bicyclic) bond motifs is 1. The van der Waals surface area contributed by atoms with Crippen LogP contribution >= 0.6 is 11.6 Å². The summed E-state index contributed by atoms with van der Waals surface area (Å²) >= 11 is 5.90. The zero-order valence-electron chi connectivity index (χ0n) is 12.2. The minimum absolute atomic E-state index is 0.147. The maximum Gasteiger partial charge on any atom is 0.134 e. The number of rotatable bonds is 6. The molecule has 4 heteroatoms. The quantitative estimate of drug-likeness (QED) is 0.681. The monoisotopic (exact) mass is 315 g/mol. The molecular formula is C18H18ClNO2. The molecule has 0 amide bonds. The third kappa shape index (κ3) is 3.69. The second-order valence-corrected chi connectivity index (χ2v) is 5.72. The van der Waals surface area contributed by atoms with Crippen LogP contribution in [0.2, 0.25) is 5.02 Å². The fourth-order valence-electron chi connectivity index (χ4n) is 2.44. The summed E-state index contributed by atoms with van der Waals surface area (Å²) in [7, 11) is 0. The Morgan fingerprint density at radius 1 is 1.00 bits per heavy atom. The molecule has 3 rings (SSSR count). The summed E-state index contributed by atoms with van der Waals surface area (Å²) in [5.74, 6) is 0.942. The largest absolute Gasteiger partial charge is 0.461 e. The lowest BCUT2D eigenvalue weighted by atomic mass is 10.1. The van der Waals surface area contributed by atoms with E-state index in [9.17, 15) is 0 Å².